The molecule has 1 aliphatic rings. The van der Waals surface area contributed by atoms with Crippen molar-refractivity contribution in [3.05, 3.63) is 52.0 Å². The number of methoxy groups -OCH3 is 1. The number of nitrogens with zero attached hydrogens (tertiary/aromatic N) is 1. The van der Waals surface area contributed by atoms with Crippen LogP contribution in [-0.4, -0.2) is 25.5 Å². The van der Waals surface area contributed by atoms with Crippen LogP contribution in [0.1, 0.15) is 24.5 Å². The summed E-state index contributed by atoms with van der Waals surface area (Å²) in [6.07, 6.45) is -3.94. The zero-order chi connectivity index (χ0) is 22.1. The molecule has 0 radical (unpaired) electrons. The second kappa shape index (κ2) is 8.67. The minimum atomic E-state index is -4.55. The number of nitrogens with one attached hydrogen (secondary N) is 1. The van der Waals surface area contributed by atoms with Crippen molar-refractivity contribution in [1.82, 2.24) is 0 Å². The third kappa shape index (κ3) is 4.45. The number of ether oxygens (including phenoxy) is 1. The number of benzene rings is 2. The predicted molar refractivity (Wildman–Crippen MR) is 111 cm³/mol. The molecule has 9 heteroatoms. The molecule has 1 aliphatic heterocycles. The Morgan fingerprint density at radius 1 is 1.17 bits per heavy atom. The molecule has 30 heavy (non-hydrogen) atoms. The van der Waals surface area contributed by atoms with Crippen molar-refractivity contribution in [3.8, 4) is 5.75 Å². The summed E-state index contributed by atoms with van der Waals surface area (Å²) >= 11 is 3.45. The van der Waals surface area contributed by atoms with Crippen molar-refractivity contribution in [3.63, 3.8) is 0 Å². The average molecular weight is 485 g/mol. The molecule has 2 aromatic carbocycles. The van der Waals surface area contributed by atoms with Gasteiger partial charge in [0.25, 0.3) is 0 Å². The molecule has 0 aliphatic carbocycles. The Morgan fingerprint density at radius 3 is 2.53 bits per heavy atom. The zero-order valence-corrected chi connectivity index (χ0v) is 17.9. The minimum absolute atomic E-state index is 0.0184. The van der Waals surface area contributed by atoms with Crippen molar-refractivity contribution >= 4 is 39.1 Å². The lowest BCUT2D eigenvalue weighted by molar-refractivity contribution is -0.137. The number of anilines is 2. The van der Waals surface area contributed by atoms with Crippen LogP contribution in [0.15, 0.2) is 40.9 Å². The molecule has 1 N–H and O–H groups in total. The number of amides is 2. The first-order valence-electron chi connectivity index (χ1n) is 9.31. The Balaban J connectivity index is 1.89. The molecule has 2 amide bonds. The van der Waals surface area contributed by atoms with Crippen LogP contribution in [-0.2, 0) is 22.2 Å². The fraction of sp³-hybridized carbons (Fsp3) is 0.333. The van der Waals surface area contributed by atoms with E-state index in [1.807, 2.05) is 12.1 Å². The topological polar surface area (TPSA) is 58.6 Å². The highest BCUT2D eigenvalue weighted by Crippen LogP contribution is 2.38. The van der Waals surface area contributed by atoms with Gasteiger partial charge < -0.3 is 15.0 Å². The van der Waals surface area contributed by atoms with E-state index in [1.165, 1.54) is 11.0 Å². The van der Waals surface area contributed by atoms with E-state index in [2.05, 4.69) is 21.2 Å². The fourth-order valence-electron chi connectivity index (χ4n) is 3.44. The van der Waals surface area contributed by atoms with E-state index in [0.717, 1.165) is 22.2 Å². The third-order valence-electron chi connectivity index (χ3n) is 5.02. The molecule has 5 nitrogen and oxygen atoms in total. The fourth-order valence-corrected chi connectivity index (χ4v) is 3.88. The van der Waals surface area contributed by atoms with Gasteiger partial charge in [-0.05, 0) is 61.7 Å². The highest BCUT2D eigenvalue weighted by Gasteiger charge is 2.37. The maximum absolute atomic E-state index is 13.1. The van der Waals surface area contributed by atoms with E-state index in [0.29, 0.717) is 12.2 Å². The molecule has 1 heterocycles. The van der Waals surface area contributed by atoms with Gasteiger partial charge in [0.05, 0.1) is 24.0 Å². The highest BCUT2D eigenvalue weighted by molar-refractivity contribution is 9.10. The van der Waals surface area contributed by atoms with Gasteiger partial charge in [-0.1, -0.05) is 15.9 Å². The van der Waals surface area contributed by atoms with Crippen LogP contribution in [0.4, 0.5) is 24.5 Å². The molecule has 1 unspecified atom stereocenters. The number of alkyl halides is 3. The van der Waals surface area contributed by atoms with Crippen molar-refractivity contribution in [2.75, 3.05) is 23.9 Å². The van der Waals surface area contributed by atoms with Gasteiger partial charge in [-0.25, -0.2) is 0 Å². The van der Waals surface area contributed by atoms with Crippen LogP contribution in [0, 0.1) is 5.92 Å². The molecule has 2 aromatic rings. The van der Waals surface area contributed by atoms with Gasteiger partial charge in [-0.3, -0.25) is 9.59 Å². The van der Waals surface area contributed by atoms with Crippen LogP contribution in [0.5, 0.6) is 5.75 Å². The number of hydrogen-bond acceptors (Lipinski definition) is 3. The summed E-state index contributed by atoms with van der Waals surface area (Å²) in [4.78, 5) is 27.2. The first-order chi connectivity index (χ1) is 14.2. The van der Waals surface area contributed by atoms with Crippen molar-refractivity contribution in [2.45, 2.75) is 25.9 Å². The molecule has 0 bridgehead atoms. The van der Waals surface area contributed by atoms with E-state index >= 15 is 0 Å². The summed E-state index contributed by atoms with van der Waals surface area (Å²) in [5.41, 5.74) is 0.215. The van der Waals surface area contributed by atoms with E-state index in [1.54, 1.807) is 20.1 Å². The molecule has 3 rings (SSSR count). The number of fused-ring (bicyclic) bond motifs is 1. The lowest BCUT2D eigenvalue weighted by atomic mass is 9.97. The SMILES string of the molecule is CCN1C(=O)C(CCc2cc(OC)ccc2Br)C(=O)Nc2cc(C(F)(F)F)ccc21. The number of carbonyl (C=O) groups excluding carboxylic acids is 2. The maximum atomic E-state index is 13.1. The van der Waals surface area contributed by atoms with E-state index in [4.69, 9.17) is 4.74 Å². The first-order valence-corrected chi connectivity index (χ1v) is 10.1. The smallest absolute Gasteiger partial charge is 0.416 e. The van der Waals surface area contributed by atoms with Crippen LogP contribution in [0.2, 0.25) is 0 Å². The van der Waals surface area contributed by atoms with Gasteiger partial charge in [-0.15, -0.1) is 0 Å². The number of aryl methyl sites for hydroxylation is 1. The van der Waals surface area contributed by atoms with Crippen LogP contribution >= 0.6 is 15.9 Å². The first kappa shape index (κ1) is 22.1. The van der Waals surface area contributed by atoms with Crippen LogP contribution in [0.25, 0.3) is 0 Å². The number of halogens is 4. The maximum Gasteiger partial charge on any atom is 0.416 e. The number of carbonyl (C=O) groups is 2. The highest BCUT2D eigenvalue weighted by atomic mass is 79.9. The quantitative estimate of drug-likeness (QED) is 0.605. The van der Waals surface area contributed by atoms with Gasteiger partial charge in [0, 0.05) is 11.0 Å². The molecular weight excluding hydrogens is 465 g/mol. The molecular formula is C21H20BrF3N2O3. The standard InChI is InChI=1S/C21H20BrF3N2O3/c1-3-27-18-9-5-13(21(23,24)25)11-17(18)26-19(28)15(20(27)29)7-4-12-10-14(30-2)6-8-16(12)22/h5-6,8-11,15H,3-4,7H2,1-2H3,(H,26,28). The summed E-state index contributed by atoms with van der Waals surface area (Å²) < 4.78 is 45.3. The molecule has 0 fully saturated rings. The molecule has 0 saturated heterocycles. The summed E-state index contributed by atoms with van der Waals surface area (Å²) in [7, 11) is 1.54. The Labute approximate surface area is 180 Å². The summed E-state index contributed by atoms with van der Waals surface area (Å²) in [5, 5.41) is 2.52. The summed E-state index contributed by atoms with van der Waals surface area (Å²) in [6.45, 7) is 1.94. The van der Waals surface area contributed by atoms with E-state index < -0.39 is 29.5 Å². The normalized spacial score (nSPS) is 16.7. The molecule has 0 aromatic heterocycles. The molecule has 160 valence electrons. The minimum Gasteiger partial charge on any atom is -0.497 e. The van der Waals surface area contributed by atoms with Gasteiger partial charge in [0.1, 0.15) is 11.7 Å². The number of hydrogen-bond donors (Lipinski definition) is 1. The van der Waals surface area contributed by atoms with Crippen molar-refractivity contribution in [1.29, 1.82) is 0 Å². The van der Waals surface area contributed by atoms with Gasteiger partial charge in [0.2, 0.25) is 11.8 Å². The second-order valence-electron chi connectivity index (χ2n) is 6.85. The molecule has 0 saturated carbocycles. The van der Waals surface area contributed by atoms with Crippen LogP contribution in [0.3, 0.4) is 0 Å². The summed E-state index contributed by atoms with van der Waals surface area (Å²) in [6, 6.07) is 8.41. The van der Waals surface area contributed by atoms with E-state index in [-0.39, 0.29) is 24.3 Å². The largest absolute Gasteiger partial charge is 0.497 e. The number of rotatable bonds is 5. The van der Waals surface area contributed by atoms with Crippen molar-refractivity contribution in [2.24, 2.45) is 5.92 Å². The van der Waals surface area contributed by atoms with Gasteiger partial charge in [0.15, 0.2) is 0 Å². The Hall–Kier alpha value is -2.55. The molecule has 0 spiro atoms. The predicted octanol–water partition coefficient (Wildman–Crippen LogP) is 5.03. The van der Waals surface area contributed by atoms with Crippen LogP contribution < -0.4 is 15.0 Å². The molecule has 1 atom stereocenters. The Bertz CT molecular complexity index is 978. The average Bonchev–Trinajstić information content (AvgIpc) is 2.79. The Morgan fingerprint density at radius 2 is 1.90 bits per heavy atom. The third-order valence-corrected chi connectivity index (χ3v) is 5.80. The monoisotopic (exact) mass is 484 g/mol. The van der Waals surface area contributed by atoms with Gasteiger partial charge in [-0.2, -0.15) is 13.2 Å². The van der Waals surface area contributed by atoms with E-state index in [9.17, 15) is 22.8 Å². The Kier molecular flexibility index (Phi) is 6.40. The zero-order valence-electron chi connectivity index (χ0n) is 16.3. The lowest BCUT2D eigenvalue weighted by Gasteiger charge is -2.23. The van der Waals surface area contributed by atoms with Gasteiger partial charge >= 0.3 is 6.18 Å². The summed E-state index contributed by atoms with van der Waals surface area (Å²) in [5.74, 6) is -1.43. The van der Waals surface area contributed by atoms with Crippen molar-refractivity contribution < 1.29 is 27.5 Å². The lowest BCUT2D eigenvalue weighted by Crippen LogP contribution is -2.39. The second-order valence-corrected chi connectivity index (χ2v) is 7.70.